The van der Waals surface area contributed by atoms with Gasteiger partial charge in [0.15, 0.2) is 0 Å². The topological polar surface area (TPSA) is 66.6 Å². The van der Waals surface area contributed by atoms with Gasteiger partial charge in [0.25, 0.3) is 0 Å². The van der Waals surface area contributed by atoms with Crippen molar-refractivity contribution in [2.75, 3.05) is 13.2 Å². The molecule has 2 atom stereocenters. The van der Waals surface area contributed by atoms with Crippen molar-refractivity contribution in [1.29, 1.82) is 0 Å². The normalized spacial score (nSPS) is 18.8. The number of hydrogen-bond donors (Lipinski definition) is 2. The number of amides is 1. The van der Waals surface area contributed by atoms with E-state index in [4.69, 9.17) is 10.8 Å². The SMILES string of the molecule is CC(N)CCCC(C)C(=O)N(CCO)C1CC1. The van der Waals surface area contributed by atoms with Crippen molar-refractivity contribution < 1.29 is 9.90 Å². The van der Waals surface area contributed by atoms with Crippen molar-refractivity contribution in [2.45, 2.75) is 58.0 Å². The molecule has 17 heavy (non-hydrogen) atoms. The number of nitrogens with two attached hydrogens (primary N) is 1. The second kappa shape index (κ2) is 6.97. The molecule has 0 saturated heterocycles. The predicted octanol–water partition coefficient (Wildman–Crippen LogP) is 1.12. The zero-order valence-electron chi connectivity index (χ0n) is 11.1. The number of carbonyl (C=O) groups excluding carboxylic acids is 1. The van der Waals surface area contributed by atoms with Gasteiger partial charge < -0.3 is 15.7 Å². The highest BCUT2D eigenvalue weighted by atomic mass is 16.3. The van der Waals surface area contributed by atoms with Crippen molar-refractivity contribution in [2.24, 2.45) is 11.7 Å². The van der Waals surface area contributed by atoms with E-state index < -0.39 is 0 Å². The van der Waals surface area contributed by atoms with E-state index in [-0.39, 0.29) is 24.5 Å². The fraction of sp³-hybridized carbons (Fsp3) is 0.923. The number of nitrogens with zero attached hydrogens (tertiary/aromatic N) is 1. The van der Waals surface area contributed by atoms with Gasteiger partial charge in [-0.25, -0.2) is 0 Å². The maximum atomic E-state index is 12.2. The second-order valence-electron chi connectivity index (χ2n) is 5.30. The van der Waals surface area contributed by atoms with Crippen molar-refractivity contribution >= 4 is 5.91 Å². The molecule has 0 bridgehead atoms. The lowest BCUT2D eigenvalue weighted by molar-refractivity contribution is -0.136. The van der Waals surface area contributed by atoms with Gasteiger partial charge in [0.1, 0.15) is 0 Å². The summed E-state index contributed by atoms with van der Waals surface area (Å²) >= 11 is 0. The molecule has 0 aliphatic heterocycles. The van der Waals surface area contributed by atoms with Gasteiger partial charge >= 0.3 is 0 Å². The van der Waals surface area contributed by atoms with E-state index in [1.165, 1.54) is 0 Å². The molecule has 1 aliphatic rings. The first kappa shape index (κ1) is 14.5. The van der Waals surface area contributed by atoms with E-state index in [1.807, 2.05) is 18.7 Å². The van der Waals surface area contributed by atoms with E-state index in [1.54, 1.807) is 0 Å². The van der Waals surface area contributed by atoms with Crippen LogP contribution in [0.25, 0.3) is 0 Å². The highest BCUT2D eigenvalue weighted by molar-refractivity contribution is 5.79. The summed E-state index contributed by atoms with van der Waals surface area (Å²) in [6.45, 7) is 4.53. The maximum Gasteiger partial charge on any atom is 0.225 e. The Morgan fingerprint density at radius 2 is 2.06 bits per heavy atom. The molecule has 1 rings (SSSR count). The van der Waals surface area contributed by atoms with Crippen LogP contribution in [0.3, 0.4) is 0 Å². The minimum Gasteiger partial charge on any atom is -0.395 e. The fourth-order valence-corrected chi connectivity index (χ4v) is 2.12. The van der Waals surface area contributed by atoms with Crippen molar-refractivity contribution in [3.8, 4) is 0 Å². The minimum absolute atomic E-state index is 0.0564. The van der Waals surface area contributed by atoms with Gasteiger partial charge in [-0.2, -0.15) is 0 Å². The first-order valence-electron chi connectivity index (χ1n) is 6.73. The third-order valence-electron chi connectivity index (χ3n) is 3.33. The first-order chi connectivity index (χ1) is 8.06. The van der Waals surface area contributed by atoms with E-state index in [0.29, 0.717) is 12.6 Å². The Labute approximate surface area is 104 Å². The summed E-state index contributed by atoms with van der Waals surface area (Å²) in [6, 6.07) is 0.611. The van der Waals surface area contributed by atoms with Crippen LogP contribution in [0, 0.1) is 5.92 Å². The molecule has 0 aromatic rings. The van der Waals surface area contributed by atoms with Gasteiger partial charge in [-0.3, -0.25) is 4.79 Å². The average molecular weight is 242 g/mol. The average Bonchev–Trinajstić information content (AvgIpc) is 3.08. The van der Waals surface area contributed by atoms with Crippen molar-refractivity contribution in [3.63, 3.8) is 0 Å². The molecule has 2 unspecified atom stereocenters. The van der Waals surface area contributed by atoms with Gasteiger partial charge in [-0.05, 0) is 32.6 Å². The summed E-state index contributed by atoms with van der Waals surface area (Å²) in [5, 5.41) is 8.98. The summed E-state index contributed by atoms with van der Waals surface area (Å²) in [7, 11) is 0. The van der Waals surface area contributed by atoms with E-state index in [0.717, 1.165) is 32.1 Å². The molecule has 0 aromatic carbocycles. The molecule has 0 heterocycles. The molecule has 0 aromatic heterocycles. The van der Waals surface area contributed by atoms with Gasteiger partial charge in [-0.15, -0.1) is 0 Å². The van der Waals surface area contributed by atoms with Gasteiger partial charge in [-0.1, -0.05) is 13.3 Å². The van der Waals surface area contributed by atoms with Crippen LogP contribution in [0.2, 0.25) is 0 Å². The molecule has 100 valence electrons. The lowest BCUT2D eigenvalue weighted by Crippen LogP contribution is -2.39. The molecule has 4 heteroatoms. The first-order valence-corrected chi connectivity index (χ1v) is 6.73. The Kier molecular flexibility index (Phi) is 5.92. The molecule has 1 aliphatic carbocycles. The van der Waals surface area contributed by atoms with Gasteiger partial charge in [0.05, 0.1) is 6.61 Å². The van der Waals surface area contributed by atoms with Crippen LogP contribution < -0.4 is 5.73 Å². The number of hydrogen-bond acceptors (Lipinski definition) is 3. The molecule has 4 nitrogen and oxygen atoms in total. The van der Waals surface area contributed by atoms with Crippen molar-refractivity contribution in [3.05, 3.63) is 0 Å². The molecule has 1 saturated carbocycles. The Morgan fingerprint density at radius 3 is 2.53 bits per heavy atom. The molecule has 0 spiro atoms. The lowest BCUT2D eigenvalue weighted by Gasteiger charge is -2.25. The monoisotopic (exact) mass is 242 g/mol. The van der Waals surface area contributed by atoms with Crippen LogP contribution in [0.15, 0.2) is 0 Å². The van der Waals surface area contributed by atoms with Crippen LogP contribution in [-0.4, -0.2) is 41.1 Å². The standard InChI is InChI=1S/C13H26N2O2/c1-10(4-3-5-11(2)14)13(17)15(8-9-16)12-6-7-12/h10-12,16H,3-9,14H2,1-2H3. The number of aliphatic hydroxyl groups is 1. The molecule has 1 amide bonds. The largest absolute Gasteiger partial charge is 0.395 e. The molecule has 0 radical (unpaired) electrons. The van der Waals surface area contributed by atoms with Gasteiger partial charge in [0, 0.05) is 24.5 Å². The van der Waals surface area contributed by atoms with Crippen molar-refractivity contribution in [1.82, 2.24) is 4.90 Å². The van der Waals surface area contributed by atoms with E-state index >= 15 is 0 Å². The van der Waals surface area contributed by atoms with E-state index in [2.05, 4.69) is 0 Å². The number of aliphatic hydroxyl groups excluding tert-OH is 1. The minimum atomic E-state index is 0.0564. The summed E-state index contributed by atoms with van der Waals surface area (Å²) < 4.78 is 0. The number of carbonyl (C=O) groups is 1. The lowest BCUT2D eigenvalue weighted by atomic mass is 10.0. The van der Waals surface area contributed by atoms with Gasteiger partial charge in [0.2, 0.25) is 5.91 Å². The highest BCUT2D eigenvalue weighted by Crippen LogP contribution is 2.28. The predicted molar refractivity (Wildman–Crippen MR) is 68.5 cm³/mol. The second-order valence-corrected chi connectivity index (χ2v) is 5.30. The van der Waals surface area contributed by atoms with Crippen LogP contribution in [0.1, 0.15) is 46.0 Å². The third kappa shape index (κ3) is 5.04. The highest BCUT2D eigenvalue weighted by Gasteiger charge is 2.33. The summed E-state index contributed by atoms with van der Waals surface area (Å²) in [4.78, 5) is 14.0. The smallest absolute Gasteiger partial charge is 0.225 e. The molecular weight excluding hydrogens is 216 g/mol. The Hall–Kier alpha value is -0.610. The molecule has 3 N–H and O–H groups in total. The van der Waals surface area contributed by atoms with E-state index in [9.17, 15) is 4.79 Å². The molecular formula is C13H26N2O2. The maximum absolute atomic E-state index is 12.2. The summed E-state index contributed by atoms with van der Waals surface area (Å²) in [5.41, 5.74) is 5.69. The zero-order chi connectivity index (χ0) is 12.8. The fourth-order valence-electron chi connectivity index (χ4n) is 2.12. The summed E-state index contributed by atoms with van der Waals surface area (Å²) in [6.07, 6.45) is 5.06. The Morgan fingerprint density at radius 1 is 1.41 bits per heavy atom. The quantitative estimate of drug-likeness (QED) is 0.670. The van der Waals surface area contributed by atoms with Crippen LogP contribution in [-0.2, 0) is 4.79 Å². The molecule has 1 fully saturated rings. The summed E-state index contributed by atoms with van der Waals surface area (Å²) in [5.74, 6) is 0.257. The van der Waals surface area contributed by atoms with Crippen LogP contribution >= 0.6 is 0 Å². The zero-order valence-corrected chi connectivity index (χ0v) is 11.1. The van der Waals surface area contributed by atoms with Crippen LogP contribution in [0.4, 0.5) is 0 Å². The number of rotatable bonds is 8. The van der Waals surface area contributed by atoms with Crippen LogP contribution in [0.5, 0.6) is 0 Å². The Balaban J connectivity index is 2.32. The Bertz CT molecular complexity index is 240. The third-order valence-corrected chi connectivity index (χ3v) is 3.33.